The number of carbonyl (C=O) groups is 1. The highest BCUT2D eigenvalue weighted by molar-refractivity contribution is 6.33. The molecular formula is C33H39ClFN7O3. The van der Waals surface area contributed by atoms with Crippen molar-refractivity contribution in [3.05, 3.63) is 69.4 Å². The van der Waals surface area contributed by atoms with Crippen LogP contribution in [0.5, 0.6) is 0 Å². The Balaban J connectivity index is 1.76. The fourth-order valence-electron chi connectivity index (χ4n) is 5.72. The molecule has 1 aliphatic heterocycles. The van der Waals surface area contributed by atoms with Crippen molar-refractivity contribution >= 4 is 34.5 Å². The van der Waals surface area contributed by atoms with Crippen LogP contribution in [-0.2, 0) is 11.2 Å². The van der Waals surface area contributed by atoms with E-state index in [1.165, 1.54) is 17.0 Å². The molecule has 5 rings (SSSR count). The van der Waals surface area contributed by atoms with E-state index in [9.17, 15) is 9.59 Å². The van der Waals surface area contributed by atoms with Crippen molar-refractivity contribution in [2.75, 3.05) is 18.0 Å². The Labute approximate surface area is 267 Å². The number of aromatic nitrogens is 5. The zero-order chi connectivity index (χ0) is 32.8. The van der Waals surface area contributed by atoms with E-state index in [-0.39, 0.29) is 39.9 Å². The predicted octanol–water partition coefficient (Wildman–Crippen LogP) is 6.55. The maximum absolute atomic E-state index is 15.1. The summed E-state index contributed by atoms with van der Waals surface area (Å²) in [5, 5.41) is 0.711. The topological polar surface area (TPSA) is 106 Å². The zero-order valence-electron chi connectivity index (χ0n) is 26.9. The van der Waals surface area contributed by atoms with E-state index in [0.717, 1.165) is 0 Å². The largest absolute Gasteiger partial charge is 0.444 e. The number of pyridine rings is 1. The summed E-state index contributed by atoms with van der Waals surface area (Å²) in [5.41, 5.74) is 1.28. The maximum atomic E-state index is 15.1. The molecule has 1 saturated heterocycles. The Morgan fingerprint density at radius 3 is 2.47 bits per heavy atom. The van der Waals surface area contributed by atoms with Crippen molar-refractivity contribution in [3.63, 3.8) is 0 Å². The normalized spacial score (nSPS) is 17.3. The van der Waals surface area contributed by atoms with E-state index in [1.54, 1.807) is 29.2 Å². The second-order valence-corrected chi connectivity index (χ2v) is 13.2. The maximum Gasteiger partial charge on any atom is 0.410 e. The van der Waals surface area contributed by atoms with Gasteiger partial charge < -0.3 is 14.5 Å². The molecule has 1 aliphatic rings. The predicted molar refractivity (Wildman–Crippen MR) is 174 cm³/mol. The van der Waals surface area contributed by atoms with E-state index in [1.807, 2.05) is 60.3 Å². The van der Waals surface area contributed by atoms with Crippen LogP contribution in [-0.4, -0.2) is 66.3 Å². The lowest BCUT2D eigenvalue weighted by Gasteiger charge is -2.44. The third-order valence-corrected chi connectivity index (χ3v) is 8.14. The van der Waals surface area contributed by atoms with Crippen molar-refractivity contribution in [2.24, 2.45) is 0 Å². The number of amides is 1. The van der Waals surface area contributed by atoms with Crippen LogP contribution in [0.15, 0.2) is 41.5 Å². The summed E-state index contributed by atoms with van der Waals surface area (Å²) in [6.07, 6.45) is 1.63. The smallest absolute Gasteiger partial charge is 0.410 e. The fourth-order valence-corrected chi connectivity index (χ4v) is 5.97. The standard InChI is InChI=1S/C33H39ClFN7O3/c1-9-25-28(26(18(2)3)37-17-36-25)42-30-22(14-23(34)27(38-30)21-12-10-11-13-24(21)35)29(39-31(42)43)40-15-20(5)41(16-19(40)4)32(44)45-33(6,7)8/h10-14,17-20H,9,15-16H2,1-8H3/t19-,20+/m0/s1. The molecule has 0 saturated carbocycles. The Bertz CT molecular complexity index is 1820. The van der Waals surface area contributed by atoms with Crippen molar-refractivity contribution in [1.29, 1.82) is 0 Å². The number of hydrogen-bond donors (Lipinski definition) is 0. The van der Waals surface area contributed by atoms with Crippen molar-refractivity contribution in [3.8, 4) is 16.9 Å². The molecule has 10 nitrogen and oxygen atoms in total. The molecule has 0 spiro atoms. The number of anilines is 1. The van der Waals surface area contributed by atoms with Crippen molar-refractivity contribution < 1.29 is 13.9 Å². The van der Waals surface area contributed by atoms with Gasteiger partial charge in [0.25, 0.3) is 0 Å². The van der Waals surface area contributed by atoms with Crippen molar-refractivity contribution in [2.45, 2.75) is 85.4 Å². The van der Waals surface area contributed by atoms with Gasteiger partial charge in [-0.3, -0.25) is 0 Å². The summed E-state index contributed by atoms with van der Waals surface area (Å²) in [7, 11) is 0. The molecule has 45 heavy (non-hydrogen) atoms. The number of piperazine rings is 1. The summed E-state index contributed by atoms with van der Waals surface area (Å²) in [6, 6.07) is 7.44. The number of benzene rings is 1. The van der Waals surface area contributed by atoms with Gasteiger partial charge in [-0.25, -0.2) is 33.5 Å². The number of ether oxygens (including phenoxy) is 1. The molecule has 238 valence electrons. The second kappa shape index (κ2) is 12.3. The average molecular weight is 636 g/mol. The van der Waals surface area contributed by atoms with Crippen molar-refractivity contribution in [1.82, 2.24) is 29.4 Å². The number of hydrogen-bond acceptors (Lipinski definition) is 8. The zero-order valence-corrected chi connectivity index (χ0v) is 27.7. The van der Waals surface area contributed by atoms with Gasteiger partial charge in [0.15, 0.2) is 5.65 Å². The Morgan fingerprint density at radius 1 is 1.11 bits per heavy atom. The van der Waals surface area contributed by atoms with Crippen LogP contribution in [0.2, 0.25) is 5.02 Å². The highest BCUT2D eigenvalue weighted by Gasteiger charge is 2.36. The van der Waals surface area contributed by atoms with Gasteiger partial charge in [0.2, 0.25) is 0 Å². The lowest BCUT2D eigenvalue weighted by atomic mass is 10.0. The second-order valence-electron chi connectivity index (χ2n) is 12.8. The molecule has 2 atom stereocenters. The van der Waals surface area contributed by atoms with E-state index in [0.29, 0.717) is 47.8 Å². The molecule has 4 aromatic rings. The third kappa shape index (κ3) is 6.22. The number of halogens is 2. The number of nitrogens with zero attached hydrogens (tertiary/aromatic N) is 7. The van der Waals surface area contributed by atoms with Gasteiger partial charge in [-0.15, -0.1) is 0 Å². The minimum atomic E-state index is -0.634. The van der Waals surface area contributed by atoms with E-state index < -0.39 is 23.2 Å². The molecule has 3 aromatic heterocycles. The first-order valence-electron chi connectivity index (χ1n) is 15.2. The first-order chi connectivity index (χ1) is 21.2. The van der Waals surface area contributed by atoms with E-state index in [4.69, 9.17) is 21.3 Å². The highest BCUT2D eigenvalue weighted by atomic mass is 35.5. The van der Waals surface area contributed by atoms with Gasteiger partial charge in [0.1, 0.15) is 23.6 Å². The first-order valence-corrected chi connectivity index (χ1v) is 15.6. The first kappa shape index (κ1) is 32.3. The Hall–Kier alpha value is -4.12. The number of aryl methyl sites for hydroxylation is 1. The fraction of sp³-hybridized carbons (Fsp3) is 0.455. The number of fused-ring (bicyclic) bond motifs is 1. The van der Waals surface area contributed by atoms with Gasteiger partial charge >= 0.3 is 11.8 Å². The van der Waals surface area contributed by atoms with Crippen LogP contribution >= 0.6 is 11.6 Å². The molecule has 0 bridgehead atoms. The summed E-state index contributed by atoms with van der Waals surface area (Å²) >= 11 is 6.83. The monoisotopic (exact) mass is 635 g/mol. The summed E-state index contributed by atoms with van der Waals surface area (Å²) in [5.74, 6) is -0.157. The number of rotatable bonds is 5. The number of carbonyl (C=O) groups excluding carboxylic acids is 1. The minimum absolute atomic E-state index is 0.0462. The lowest BCUT2D eigenvalue weighted by molar-refractivity contribution is 0.0130. The van der Waals surface area contributed by atoms with Crippen LogP contribution in [0.25, 0.3) is 28.0 Å². The minimum Gasteiger partial charge on any atom is -0.444 e. The van der Waals surface area contributed by atoms with Crippen LogP contribution in [0.3, 0.4) is 0 Å². The Morgan fingerprint density at radius 2 is 1.82 bits per heavy atom. The van der Waals surface area contributed by atoms with E-state index >= 15 is 4.39 Å². The van der Waals surface area contributed by atoms with Crippen LogP contribution < -0.4 is 10.6 Å². The summed E-state index contributed by atoms with van der Waals surface area (Å²) in [4.78, 5) is 49.4. The van der Waals surface area contributed by atoms with Gasteiger partial charge in [-0.05, 0) is 65.2 Å². The molecule has 0 radical (unpaired) electrons. The van der Waals surface area contributed by atoms with Crippen LogP contribution in [0.4, 0.5) is 15.0 Å². The molecular weight excluding hydrogens is 597 g/mol. The summed E-state index contributed by atoms with van der Waals surface area (Å²) < 4.78 is 22.1. The molecule has 0 unspecified atom stereocenters. The average Bonchev–Trinajstić information content (AvgIpc) is 2.97. The molecule has 0 N–H and O–H groups in total. The Kier molecular flexibility index (Phi) is 8.86. The van der Waals surface area contributed by atoms with Crippen LogP contribution in [0.1, 0.15) is 72.7 Å². The lowest BCUT2D eigenvalue weighted by Crippen LogP contribution is -2.59. The van der Waals surface area contributed by atoms with Gasteiger partial charge in [0.05, 0.1) is 33.2 Å². The quantitative estimate of drug-likeness (QED) is 0.243. The van der Waals surface area contributed by atoms with Crippen LogP contribution in [0, 0.1) is 5.82 Å². The highest BCUT2D eigenvalue weighted by Crippen LogP contribution is 2.36. The molecule has 1 fully saturated rings. The molecule has 4 heterocycles. The van der Waals surface area contributed by atoms with Gasteiger partial charge in [-0.1, -0.05) is 44.5 Å². The molecule has 1 aromatic carbocycles. The van der Waals surface area contributed by atoms with Gasteiger partial charge in [0, 0.05) is 30.7 Å². The summed E-state index contributed by atoms with van der Waals surface area (Å²) in [6.45, 7) is 16.0. The molecule has 12 heteroatoms. The molecule has 0 aliphatic carbocycles. The molecule has 1 amide bonds. The third-order valence-electron chi connectivity index (χ3n) is 7.85. The SMILES string of the molecule is CCc1ncnc(C(C)C)c1-n1c(=O)nc(N2C[C@@H](C)N(C(=O)OC(C)(C)C)C[C@@H]2C)c2cc(Cl)c(-c3ccccc3F)nc21. The van der Waals surface area contributed by atoms with E-state index in [2.05, 4.69) is 15.0 Å². The van der Waals surface area contributed by atoms with Gasteiger partial charge in [-0.2, -0.15) is 4.98 Å².